The summed E-state index contributed by atoms with van der Waals surface area (Å²) in [5.74, 6) is -0.333. The van der Waals surface area contributed by atoms with Crippen molar-refractivity contribution in [2.45, 2.75) is 13.0 Å². The number of hydrogen-bond donors (Lipinski definition) is 2. The van der Waals surface area contributed by atoms with E-state index < -0.39 is 0 Å². The second-order valence-corrected chi connectivity index (χ2v) is 6.70. The van der Waals surface area contributed by atoms with Crippen molar-refractivity contribution in [1.29, 1.82) is 0 Å². The van der Waals surface area contributed by atoms with E-state index in [-0.39, 0.29) is 11.7 Å². The molecule has 0 unspecified atom stereocenters. The summed E-state index contributed by atoms with van der Waals surface area (Å²) in [6.45, 7) is 1.17. The van der Waals surface area contributed by atoms with E-state index in [1.54, 1.807) is 48.0 Å². The number of carbonyl (C=O) groups is 1. The molecule has 0 aliphatic carbocycles. The Morgan fingerprint density at radius 2 is 2.13 bits per heavy atom. The second-order valence-electron chi connectivity index (χ2n) is 6.70. The van der Waals surface area contributed by atoms with Gasteiger partial charge in [0.15, 0.2) is 0 Å². The predicted octanol–water partition coefficient (Wildman–Crippen LogP) is 3.26. The summed E-state index contributed by atoms with van der Waals surface area (Å²) in [4.78, 5) is 25.8. The zero-order valence-corrected chi connectivity index (χ0v) is 16.1. The van der Waals surface area contributed by atoms with E-state index in [0.29, 0.717) is 24.4 Å². The molecule has 0 spiro atoms. The Morgan fingerprint density at radius 3 is 2.93 bits per heavy atom. The number of H-pyrrole nitrogens is 1. The molecule has 4 aromatic rings. The average Bonchev–Trinajstić information content (AvgIpc) is 3.43. The maximum Gasteiger partial charge on any atom is 0.257 e. The van der Waals surface area contributed by atoms with Crippen molar-refractivity contribution in [3.8, 4) is 0 Å². The van der Waals surface area contributed by atoms with Crippen LogP contribution in [0.4, 0.5) is 4.39 Å². The zero-order valence-electron chi connectivity index (χ0n) is 16.1. The Bertz CT molecular complexity index is 1180. The molecule has 1 aromatic carbocycles. The molecule has 3 N–H and O–H groups in total. The first-order valence-corrected chi connectivity index (χ1v) is 9.42. The molecule has 0 atom stereocenters. The number of aromatic nitrogens is 3. The van der Waals surface area contributed by atoms with Crippen LogP contribution in [0.3, 0.4) is 0 Å². The molecule has 1 amide bonds. The minimum atomic E-state index is -0.228. The van der Waals surface area contributed by atoms with Crippen LogP contribution >= 0.6 is 0 Å². The fraction of sp³-hybridized carbons (Fsp3) is 0.136. The summed E-state index contributed by atoms with van der Waals surface area (Å²) in [6, 6.07) is 11.6. The Hall–Kier alpha value is -3.94. The number of hydrogen-bond acceptors (Lipinski definition) is 5. The Labute approximate surface area is 172 Å². The number of imidazole rings is 1. The third-order valence-corrected chi connectivity index (χ3v) is 4.81. The standard InChI is InChI=1S/C14H15N5O.C8H5FO/c15-7-10(11-3-1-2-5-16-11)14(20)19-6-4-12-13(8-19)18-9-17-12;9-7-1-2-8-6(5-7)3-4-10-8/h1-3,5,7,9H,4,6,8,15H2,(H,17,18);1-5H/b10-7+;. The summed E-state index contributed by atoms with van der Waals surface area (Å²) in [5.41, 5.74) is 9.38. The van der Waals surface area contributed by atoms with Gasteiger partial charge in [-0.3, -0.25) is 9.78 Å². The van der Waals surface area contributed by atoms with Gasteiger partial charge in [0, 0.05) is 30.7 Å². The molecule has 8 heteroatoms. The molecule has 0 saturated heterocycles. The maximum atomic E-state index is 12.6. The van der Waals surface area contributed by atoms with E-state index in [1.165, 1.54) is 18.3 Å². The normalized spacial score (nSPS) is 13.5. The molecule has 4 heterocycles. The molecule has 3 aromatic heterocycles. The minimum Gasteiger partial charge on any atom is -0.464 e. The Balaban J connectivity index is 0.000000181. The van der Waals surface area contributed by atoms with Crippen molar-refractivity contribution in [2.24, 2.45) is 5.73 Å². The first-order chi connectivity index (χ1) is 14.7. The lowest BCUT2D eigenvalue weighted by Gasteiger charge is -2.27. The van der Waals surface area contributed by atoms with Gasteiger partial charge in [-0.05, 0) is 36.4 Å². The lowest BCUT2D eigenvalue weighted by molar-refractivity contribution is -0.126. The van der Waals surface area contributed by atoms with Gasteiger partial charge in [0.05, 0.1) is 41.8 Å². The molecule has 1 aliphatic heterocycles. The van der Waals surface area contributed by atoms with Crippen molar-refractivity contribution in [3.05, 3.63) is 90.4 Å². The van der Waals surface area contributed by atoms with E-state index in [9.17, 15) is 9.18 Å². The Morgan fingerprint density at radius 1 is 1.23 bits per heavy atom. The Kier molecular flexibility index (Phi) is 5.56. The van der Waals surface area contributed by atoms with Gasteiger partial charge in [0.1, 0.15) is 11.4 Å². The van der Waals surface area contributed by atoms with Gasteiger partial charge >= 0.3 is 0 Å². The quantitative estimate of drug-likeness (QED) is 0.499. The fourth-order valence-electron chi connectivity index (χ4n) is 3.28. The molecule has 7 nitrogen and oxygen atoms in total. The summed E-state index contributed by atoms with van der Waals surface area (Å²) >= 11 is 0. The van der Waals surface area contributed by atoms with Crippen LogP contribution in [0, 0.1) is 5.82 Å². The van der Waals surface area contributed by atoms with E-state index in [0.717, 1.165) is 28.8 Å². The van der Waals surface area contributed by atoms with Crippen molar-refractivity contribution in [2.75, 3.05) is 6.54 Å². The van der Waals surface area contributed by atoms with Crippen LogP contribution in [0.15, 0.2) is 71.9 Å². The smallest absolute Gasteiger partial charge is 0.257 e. The highest BCUT2D eigenvalue weighted by atomic mass is 19.1. The van der Waals surface area contributed by atoms with Crippen molar-refractivity contribution >= 4 is 22.4 Å². The van der Waals surface area contributed by atoms with E-state index >= 15 is 0 Å². The molecule has 5 rings (SSSR count). The number of furan rings is 1. The summed E-state index contributed by atoms with van der Waals surface area (Å²) in [7, 11) is 0. The third-order valence-electron chi connectivity index (χ3n) is 4.81. The van der Waals surface area contributed by atoms with Gasteiger partial charge in [0.25, 0.3) is 5.91 Å². The third kappa shape index (κ3) is 4.07. The molecule has 0 saturated carbocycles. The highest BCUT2D eigenvalue weighted by Gasteiger charge is 2.25. The van der Waals surface area contributed by atoms with Gasteiger partial charge in [-0.2, -0.15) is 0 Å². The van der Waals surface area contributed by atoms with E-state index in [1.807, 2.05) is 6.07 Å². The zero-order chi connectivity index (χ0) is 20.9. The van der Waals surface area contributed by atoms with E-state index in [2.05, 4.69) is 15.0 Å². The lowest BCUT2D eigenvalue weighted by Crippen LogP contribution is -2.36. The van der Waals surface area contributed by atoms with Gasteiger partial charge in [-0.15, -0.1) is 0 Å². The predicted molar refractivity (Wildman–Crippen MR) is 110 cm³/mol. The number of pyridine rings is 1. The van der Waals surface area contributed by atoms with Gasteiger partial charge in [0.2, 0.25) is 0 Å². The number of aromatic amines is 1. The molecular formula is C22H20FN5O2. The number of carbonyl (C=O) groups excluding carboxylic acids is 1. The van der Waals surface area contributed by atoms with Crippen LogP contribution in [-0.4, -0.2) is 32.3 Å². The van der Waals surface area contributed by atoms with Gasteiger partial charge in [-0.1, -0.05) is 6.07 Å². The number of nitrogens with one attached hydrogen (secondary N) is 1. The first kappa shape index (κ1) is 19.4. The van der Waals surface area contributed by atoms with Crippen LogP contribution < -0.4 is 5.73 Å². The molecular weight excluding hydrogens is 385 g/mol. The molecule has 0 fully saturated rings. The summed E-state index contributed by atoms with van der Waals surface area (Å²) < 4.78 is 17.5. The highest BCUT2D eigenvalue weighted by molar-refractivity contribution is 6.18. The minimum absolute atomic E-state index is 0.105. The lowest BCUT2D eigenvalue weighted by atomic mass is 10.1. The number of rotatable bonds is 2. The maximum absolute atomic E-state index is 12.6. The molecule has 30 heavy (non-hydrogen) atoms. The number of benzene rings is 1. The van der Waals surface area contributed by atoms with Crippen LogP contribution in [0.25, 0.3) is 16.5 Å². The highest BCUT2D eigenvalue weighted by Crippen LogP contribution is 2.20. The van der Waals surface area contributed by atoms with E-state index in [4.69, 9.17) is 10.2 Å². The summed E-state index contributed by atoms with van der Waals surface area (Å²) in [6.07, 6.45) is 6.94. The molecule has 1 aliphatic rings. The SMILES string of the molecule is Fc1ccc2occc2c1.N/C=C(/C(=O)N1CCc2nc[nH]c2C1)c1ccccn1. The van der Waals surface area contributed by atoms with Crippen LogP contribution in [-0.2, 0) is 17.8 Å². The van der Waals surface area contributed by atoms with Crippen LogP contribution in [0.2, 0.25) is 0 Å². The number of nitrogens with zero attached hydrogens (tertiary/aromatic N) is 3. The monoisotopic (exact) mass is 405 g/mol. The van der Waals surface area contributed by atoms with Gasteiger partial charge < -0.3 is 20.0 Å². The van der Waals surface area contributed by atoms with Gasteiger partial charge in [-0.25, -0.2) is 9.37 Å². The largest absolute Gasteiger partial charge is 0.464 e. The van der Waals surface area contributed by atoms with Crippen molar-refractivity contribution < 1.29 is 13.6 Å². The number of halogens is 1. The molecule has 0 radical (unpaired) electrons. The van der Waals surface area contributed by atoms with Crippen molar-refractivity contribution in [3.63, 3.8) is 0 Å². The number of amides is 1. The average molecular weight is 405 g/mol. The van der Waals surface area contributed by atoms with Crippen LogP contribution in [0.1, 0.15) is 17.1 Å². The second kappa shape index (κ2) is 8.60. The van der Waals surface area contributed by atoms with Crippen molar-refractivity contribution in [1.82, 2.24) is 19.9 Å². The fourth-order valence-corrected chi connectivity index (χ4v) is 3.28. The molecule has 152 valence electrons. The number of nitrogens with two attached hydrogens (primary N) is 1. The number of fused-ring (bicyclic) bond motifs is 2. The summed E-state index contributed by atoms with van der Waals surface area (Å²) in [5, 5.41) is 0.806. The molecule has 0 bridgehead atoms. The topological polar surface area (TPSA) is 101 Å². The van der Waals surface area contributed by atoms with Crippen LogP contribution in [0.5, 0.6) is 0 Å². The first-order valence-electron chi connectivity index (χ1n) is 9.42.